The molecular weight excluding hydrogens is 130 g/mol. The predicted molar refractivity (Wildman–Crippen MR) is 42.2 cm³/mol. The van der Waals surface area contributed by atoms with Gasteiger partial charge in [-0.3, -0.25) is 0 Å². The monoisotopic (exact) mass is 145 g/mol. The van der Waals surface area contributed by atoms with Gasteiger partial charge in [0.1, 0.15) is 0 Å². The van der Waals surface area contributed by atoms with Gasteiger partial charge >= 0.3 is 0 Å². The van der Waals surface area contributed by atoms with Crippen molar-refractivity contribution in [2.75, 3.05) is 12.3 Å². The molecule has 1 unspecified atom stereocenters. The Bertz CT molecular complexity index is 66.6. The molecule has 9 heavy (non-hydrogen) atoms. The van der Waals surface area contributed by atoms with Gasteiger partial charge in [-0.1, -0.05) is 6.42 Å². The van der Waals surface area contributed by atoms with Crippen LogP contribution in [0, 0.1) is 7.05 Å². The summed E-state index contributed by atoms with van der Waals surface area (Å²) < 4.78 is 0. The van der Waals surface area contributed by atoms with Gasteiger partial charge in [0, 0.05) is 0 Å². The number of hydrogen-bond acceptors (Lipinski definition) is 1. The second-order valence-corrected chi connectivity index (χ2v) is 3.92. The highest BCUT2D eigenvalue weighted by Crippen LogP contribution is 2.23. The molecule has 0 saturated carbocycles. The van der Waals surface area contributed by atoms with Crippen LogP contribution in [0.4, 0.5) is 0 Å². The highest BCUT2D eigenvalue weighted by atomic mass is 32.2. The second-order valence-electron chi connectivity index (χ2n) is 2.51. The molecule has 0 bridgehead atoms. The molecule has 1 aliphatic rings. The first-order valence-corrected chi connectivity index (χ1v) is 4.71. The van der Waals surface area contributed by atoms with Crippen molar-refractivity contribution < 1.29 is 5.32 Å². The zero-order valence-corrected chi connectivity index (χ0v) is 6.62. The van der Waals surface area contributed by atoms with Crippen LogP contribution in [0.2, 0.25) is 0 Å². The number of quaternary nitrogens is 1. The Morgan fingerprint density at radius 1 is 1.56 bits per heavy atom. The lowest BCUT2D eigenvalue weighted by Crippen LogP contribution is -2.79. The molecule has 0 aromatic rings. The summed E-state index contributed by atoms with van der Waals surface area (Å²) in [6, 6.07) is 0. The van der Waals surface area contributed by atoms with Crippen LogP contribution in [0.3, 0.4) is 0 Å². The second kappa shape index (κ2) is 4.18. The van der Waals surface area contributed by atoms with Crippen molar-refractivity contribution in [3.63, 3.8) is 0 Å². The standard InChI is InChI=1S/C7H15NS/c1-8-6-7-4-2-3-5-9-7/h7H,1-6,8H2. The first-order valence-electron chi connectivity index (χ1n) is 3.66. The van der Waals surface area contributed by atoms with Gasteiger partial charge in [0.15, 0.2) is 0 Å². The third kappa shape index (κ3) is 2.59. The van der Waals surface area contributed by atoms with Gasteiger partial charge in [-0.25, -0.2) is 0 Å². The Hall–Kier alpha value is 0.310. The molecule has 0 radical (unpaired) electrons. The van der Waals surface area contributed by atoms with E-state index in [1.807, 2.05) is 5.32 Å². The van der Waals surface area contributed by atoms with E-state index in [0.717, 1.165) is 5.25 Å². The van der Waals surface area contributed by atoms with Gasteiger partial charge in [-0.2, -0.15) is 18.8 Å². The maximum atomic E-state index is 3.74. The Morgan fingerprint density at radius 2 is 2.44 bits per heavy atom. The van der Waals surface area contributed by atoms with Crippen molar-refractivity contribution in [2.45, 2.75) is 24.5 Å². The maximum Gasteiger partial charge on any atom is 0.0636 e. The highest BCUT2D eigenvalue weighted by molar-refractivity contribution is 7.99. The molecule has 2 heteroatoms. The molecule has 0 amide bonds. The van der Waals surface area contributed by atoms with Crippen molar-refractivity contribution in [3.8, 4) is 0 Å². The van der Waals surface area contributed by atoms with E-state index in [1.165, 1.54) is 31.6 Å². The molecule has 0 aliphatic carbocycles. The third-order valence-corrected chi connectivity index (χ3v) is 3.13. The van der Waals surface area contributed by atoms with Gasteiger partial charge in [0.2, 0.25) is 0 Å². The quantitative estimate of drug-likeness (QED) is 0.564. The molecule has 1 nitrogen and oxygen atoms in total. The molecule has 2 N–H and O–H groups in total. The lowest BCUT2D eigenvalue weighted by molar-refractivity contribution is -0.594. The van der Waals surface area contributed by atoms with Gasteiger partial charge in [-0.05, 0) is 18.6 Å². The smallest absolute Gasteiger partial charge is 0.0636 e. The summed E-state index contributed by atoms with van der Waals surface area (Å²) >= 11 is 2.12. The van der Waals surface area contributed by atoms with E-state index in [1.54, 1.807) is 0 Å². The summed E-state index contributed by atoms with van der Waals surface area (Å²) in [7, 11) is 3.74. The van der Waals surface area contributed by atoms with Crippen LogP contribution in [0.1, 0.15) is 19.3 Å². The molecule has 1 fully saturated rings. The lowest BCUT2D eigenvalue weighted by Gasteiger charge is -2.19. The summed E-state index contributed by atoms with van der Waals surface area (Å²) in [5.74, 6) is 1.37. The average molecular weight is 145 g/mol. The Labute approximate surface area is 61.6 Å². The molecule has 1 heterocycles. The molecule has 54 valence electrons. The molecule has 0 aromatic carbocycles. The van der Waals surface area contributed by atoms with Crippen LogP contribution in [-0.2, 0) is 0 Å². The lowest BCUT2D eigenvalue weighted by atomic mass is 10.2. The fraction of sp³-hybridized carbons (Fsp3) is 0.857. The zero-order valence-electron chi connectivity index (χ0n) is 5.81. The Morgan fingerprint density at radius 3 is 3.00 bits per heavy atom. The molecule has 1 aliphatic heterocycles. The van der Waals surface area contributed by atoms with Crippen molar-refractivity contribution in [1.29, 1.82) is 0 Å². The van der Waals surface area contributed by atoms with Crippen LogP contribution in [0.15, 0.2) is 0 Å². The fourth-order valence-electron chi connectivity index (χ4n) is 1.18. The van der Waals surface area contributed by atoms with Crippen LogP contribution in [-0.4, -0.2) is 17.5 Å². The Kier molecular flexibility index (Phi) is 3.44. The van der Waals surface area contributed by atoms with Crippen LogP contribution >= 0.6 is 11.8 Å². The van der Waals surface area contributed by atoms with Crippen molar-refractivity contribution in [3.05, 3.63) is 7.05 Å². The van der Waals surface area contributed by atoms with Crippen LogP contribution in [0.25, 0.3) is 0 Å². The van der Waals surface area contributed by atoms with E-state index < -0.39 is 0 Å². The average Bonchev–Trinajstić information content (AvgIpc) is 1.91. The minimum atomic E-state index is 0.899. The van der Waals surface area contributed by atoms with Gasteiger partial charge in [0.05, 0.1) is 11.8 Å². The van der Waals surface area contributed by atoms with E-state index in [9.17, 15) is 0 Å². The Balaban J connectivity index is 2.08. The topological polar surface area (TPSA) is 16.6 Å². The third-order valence-electron chi connectivity index (χ3n) is 1.70. The normalized spacial score (nSPS) is 28.3. The molecular formula is C7H15NS. The van der Waals surface area contributed by atoms with Crippen molar-refractivity contribution in [1.82, 2.24) is 0 Å². The number of nitrogens with two attached hydrogens (primary N) is 1. The van der Waals surface area contributed by atoms with Crippen LogP contribution in [0.5, 0.6) is 0 Å². The fourth-order valence-corrected chi connectivity index (χ4v) is 2.49. The number of hydrogen-bond donors (Lipinski definition) is 1. The molecule has 0 spiro atoms. The SMILES string of the molecule is [CH2-][NH2+]CC1CCCCS1. The molecule has 0 aromatic heterocycles. The number of thioether (sulfide) groups is 1. The summed E-state index contributed by atoms with van der Waals surface area (Å²) in [5.41, 5.74) is 0. The van der Waals surface area contributed by atoms with E-state index in [2.05, 4.69) is 18.8 Å². The zero-order chi connectivity index (χ0) is 6.53. The van der Waals surface area contributed by atoms with Crippen molar-refractivity contribution >= 4 is 11.8 Å². The number of rotatable bonds is 2. The highest BCUT2D eigenvalue weighted by Gasteiger charge is 2.12. The van der Waals surface area contributed by atoms with Gasteiger partial charge < -0.3 is 5.32 Å². The summed E-state index contributed by atoms with van der Waals surface area (Å²) in [6.45, 7) is 1.21. The van der Waals surface area contributed by atoms with Gasteiger partial charge in [-0.15, -0.1) is 0 Å². The summed E-state index contributed by atoms with van der Waals surface area (Å²) in [5, 5.41) is 2.94. The summed E-state index contributed by atoms with van der Waals surface area (Å²) in [4.78, 5) is 0. The van der Waals surface area contributed by atoms with Gasteiger partial charge in [0.25, 0.3) is 0 Å². The maximum absolute atomic E-state index is 3.74. The minimum absolute atomic E-state index is 0.899. The van der Waals surface area contributed by atoms with E-state index in [4.69, 9.17) is 0 Å². The summed E-state index contributed by atoms with van der Waals surface area (Å²) in [6.07, 6.45) is 4.28. The molecule has 1 atom stereocenters. The predicted octanol–water partition coefficient (Wildman–Crippen LogP) is 0.627. The van der Waals surface area contributed by atoms with E-state index >= 15 is 0 Å². The minimum Gasteiger partial charge on any atom is -0.478 e. The largest absolute Gasteiger partial charge is 0.478 e. The first-order chi connectivity index (χ1) is 4.43. The van der Waals surface area contributed by atoms with E-state index in [-0.39, 0.29) is 0 Å². The van der Waals surface area contributed by atoms with Crippen LogP contribution < -0.4 is 5.32 Å². The van der Waals surface area contributed by atoms with E-state index in [0.29, 0.717) is 0 Å². The first kappa shape index (κ1) is 7.42. The molecule has 1 saturated heterocycles. The van der Waals surface area contributed by atoms with Crippen molar-refractivity contribution in [2.24, 2.45) is 0 Å². The molecule has 1 rings (SSSR count).